The van der Waals surface area contributed by atoms with Crippen molar-refractivity contribution >= 4 is 23.2 Å². The predicted octanol–water partition coefficient (Wildman–Crippen LogP) is 4.53. The summed E-state index contributed by atoms with van der Waals surface area (Å²) < 4.78 is 13.7. The van der Waals surface area contributed by atoms with Crippen molar-refractivity contribution in [3.05, 3.63) is 63.9 Å². The minimum atomic E-state index is -0.460. The van der Waals surface area contributed by atoms with E-state index >= 15 is 0 Å². The minimum absolute atomic E-state index is 0.0804. The number of carbonyl (C=O) groups is 1. The van der Waals surface area contributed by atoms with Gasteiger partial charge in [0.05, 0.1) is 6.42 Å². The van der Waals surface area contributed by atoms with Crippen LogP contribution in [0.2, 0.25) is 5.02 Å². The lowest BCUT2D eigenvalue weighted by molar-refractivity contribution is -0.115. The zero-order chi connectivity index (χ0) is 15.4. The van der Waals surface area contributed by atoms with Crippen LogP contribution in [-0.2, 0) is 17.6 Å². The van der Waals surface area contributed by atoms with Crippen LogP contribution in [0.15, 0.2) is 36.4 Å². The first kappa shape index (κ1) is 15.5. The molecule has 1 amide bonds. The molecule has 0 aliphatic carbocycles. The Bertz CT molecular complexity index is 650. The standard InChI is InChI=1S/C17H17ClFNO/c1-3-12-7-4-6-11(2)17(12)20-16(21)10-13-14(18)8-5-9-15(13)19/h4-9H,3,10H2,1-2H3,(H,20,21). The summed E-state index contributed by atoms with van der Waals surface area (Å²) in [6, 6.07) is 10.3. The topological polar surface area (TPSA) is 29.1 Å². The molecule has 0 aliphatic heterocycles. The number of hydrogen-bond acceptors (Lipinski definition) is 1. The number of anilines is 1. The molecule has 2 nitrogen and oxygen atoms in total. The molecule has 2 aromatic carbocycles. The summed E-state index contributed by atoms with van der Waals surface area (Å²) in [7, 11) is 0. The van der Waals surface area contributed by atoms with Crippen molar-refractivity contribution in [3.8, 4) is 0 Å². The molecule has 0 fully saturated rings. The lowest BCUT2D eigenvalue weighted by Gasteiger charge is -2.13. The fourth-order valence-corrected chi connectivity index (χ4v) is 2.48. The number of para-hydroxylation sites is 1. The number of rotatable bonds is 4. The van der Waals surface area contributed by atoms with Crippen LogP contribution < -0.4 is 5.32 Å². The molecule has 0 aromatic heterocycles. The highest BCUT2D eigenvalue weighted by Gasteiger charge is 2.14. The molecule has 110 valence electrons. The van der Waals surface area contributed by atoms with E-state index in [-0.39, 0.29) is 22.9 Å². The summed E-state index contributed by atoms with van der Waals surface area (Å²) in [5.74, 6) is -0.732. The second-order valence-corrected chi connectivity index (χ2v) is 5.29. The third kappa shape index (κ3) is 3.61. The molecule has 0 heterocycles. The highest BCUT2D eigenvalue weighted by molar-refractivity contribution is 6.31. The van der Waals surface area contributed by atoms with Crippen LogP contribution in [0.4, 0.5) is 10.1 Å². The molecule has 0 bridgehead atoms. The van der Waals surface area contributed by atoms with Gasteiger partial charge in [0.15, 0.2) is 0 Å². The van der Waals surface area contributed by atoms with Gasteiger partial charge in [0.1, 0.15) is 5.82 Å². The van der Waals surface area contributed by atoms with Gasteiger partial charge in [0.25, 0.3) is 0 Å². The van der Waals surface area contributed by atoms with Crippen molar-refractivity contribution in [2.24, 2.45) is 0 Å². The summed E-state index contributed by atoms with van der Waals surface area (Å²) >= 11 is 5.95. The zero-order valence-electron chi connectivity index (χ0n) is 12.0. The Morgan fingerprint density at radius 2 is 1.95 bits per heavy atom. The largest absolute Gasteiger partial charge is 0.325 e. The third-order valence-electron chi connectivity index (χ3n) is 3.40. The number of amides is 1. The van der Waals surface area contributed by atoms with E-state index in [1.807, 2.05) is 32.0 Å². The SMILES string of the molecule is CCc1cccc(C)c1NC(=O)Cc1c(F)cccc1Cl. The molecule has 4 heteroatoms. The number of benzene rings is 2. The lowest BCUT2D eigenvalue weighted by atomic mass is 10.1. The van der Waals surface area contributed by atoms with Crippen LogP contribution in [0.25, 0.3) is 0 Å². The van der Waals surface area contributed by atoms with Crippen LogP contribution >= 0.6 is 11.6 Å². The highest BCUT2D eigenvalue weighted by atomic mass is 35.5. The molecule has 0 radical (unpaired) electrons. The van der Waals surface area contributed by atoms with Crippen LogP contribution in [0, 0.1) is 12.7 Å². The Labute approximate surface area is 128 Å². The van der Waals surface area contributed by atoms with E-state index in [0.717, 1.165) is 23.2 Å². The number of hydrogen-bond donors (Lipinski definition) is 1. The Hall–Kier alpha value is -1.87. The van der Waals surface area contributed by atoms with Crippen molar-refractivity contribution < 1.29 is 9.18 Å². The van der Waals surface area contributed by atoms with Crippen molar-refractivity contribution in [2.45, 2.75) is 26.7 Å². The quantitative estimate of drug-likeness (QED) is 0.883. The molecule has 0 spiro atoms. The van der Waals surface area contributed by atoms with E-state index in [1.54, 1.807) is 6.07 Å². The van der Waals surface area contributed by atoms with Gasteiger partial charge in [-0.1, -0.05) is 42.8 Å². The minimum Gasteiger partial charge on any atom is -0.325 e. The van der Waals surface area contributed by atoms with Gasteiger partial charge in [0.2, 0.25) is 5.91 Å². The number of nitrogens with one attached hydrogen (secondary N) is 1. The molecule has 1 N–H and O–H groups in total. The van der Waals surface area contributed by atoms with Crippen LogP contribution in [0.1, 0.15) is 23.6 Å². The molecule has 21 heavy (non-hydrogen) atoms. The third-order valence-corrected chi connectivity index (χ3v) is 3.76. The van der Waals surface area contributed by atoms with Crippen LogP contribution in [0.3, 0.4) is 0 Å². The highest BCUT2D eigenvalue weighted by Crippen LogP contribution is 2.23. The van der Waals surface area contributed by atoms with E-state index < -0.39 is 5.82 Å². The maximum absolute atomic E-state index is 13.7. The summed E-state index contributed by atoms with van der Waals surface area (Å²) in [5.41, 5.74) is 3.08. The second kappa shape index (κ2) is 6.72. The predicted molar refractivity (Wildman–Crippen MR) is 84.3 cm³/mol. The average Bonchev–Trinajstić information content (AvgIpc) is 2.45. The Kier molecular flexibility index (Phi) is 4.97. The smallest absolute Gasteiger partial charge is 0.228 e. The molecular formula is C17H17ClFNO. The number of halogens is 2. The van der Waals surface area contributed by atoms with Gasteiger partial charge in [-0.15, -0.1) is 0 Å². The van der Waals surface area contributed by atoms with E-state index in [1.165, 1.54) is 12.1 Å². The number of carbonyl (C=O) groups excluding carboxylic acids is 1. The van der Waals surface area contributed by atoms with Gasteiger partial charge in [-0.25, -0.2) is 4.39 Å². The van der Waals surface area contributed by atoms with Gasteiger partial charge < -0.3 is 5.32 Å². The van der Waals surface area contributed by atoms with E-state index in [9.17, 15) is 9.18 Å². The summed E-state index contributed by atoms with van der Waals surface area (Å²) in [6.45, 7) is 3.96. The van der Waals surface area contributed by atoms with Crippen molar-refractivity contribution in [1.29, 1.82) is 0 Å². The average molecular weight is 306 g/mol. The molecule has 2 rings (SSSR count). The molecule has 0 saturated heterocycles. The van der Waals surface area contributed by atoms with E-state index in [2.05, 4.69) is 5.32 Å². The van der Waals surface area contributed by atoms with Crippen molar-refractivity contribution in [3.63, 3.8) is 0 Å². The summed E-state index contributed by atoms with van der Waals surface area (Å²) in [6.07, 6.45) is 0.737. The molecule has 0 unspecified atom stereocenters. The maximum Gasteiger partial charge on any atom is 0.228 e. The Balaban J connectivity index is 2.20. The first-order valence-electron chi connectivity index (χ1n) is 6.84. The fraction of sp³-hybridized carbons (Fsp3) is 0.235. The summed E-state index contributed by atoms with van der Waals surface area (Å²) in [5, 5.41) is 3.14. The normalized spacial score (nSPS) is 10.5. The second-order valence-electron chi connectivity index (χ2n) is 4.89. The molecule has 0 saturated carbocycles. The van der Waals surface area contributed by atoms with E-state index in [0.29, 0.717) is 0 Å². The van der Waals surface area contributed by atoms with Gasteiger partial charge in [-0.05, 0) is 36.6 Å². The monoisotopic (exact) mass is 305 g/mol. The van der Waals surface area contributed by atoms with Gasteiger partial charge in [-0.3, -0.25) is 4.79 Å². The molecule has 0 aliphatic rings. The Morgan fingerprint density at radius 1 is 1.24 bits per heavy atom. The van der Waals surface area contributed by atoms with Crippen LogP contribution in [-0.4, -0.2) is 5.91 Å². The maximum atomic E-state index is 13.7. The van der Waals surface area contributed by atoms with Crippen molar-refractivity contribution in [1.82, 2.24) is 0 Å². The lowest BCUT2D eigenvalue weighted by Crippen LogP contribution is -2.17. The fourth-order valence-electron chi connectivity index (χ4n) is 2.25. The van der Waals surface area contributed by atoms with Crippen LogP contribution in [0.5, 0.6) is 0 Å². The molecule has 2 aromatic rings. The first-order valence-corrected chi connectivity index (χ1v) is 7.22. The van der Waals surface area contributed by atoms with E-state index in [4.69, 9.17) is 11.6 Å². The summed E-state index contributed by atoms with van der Waals surface area (Å²) in [4.78, 5) is 12.2. The van der Waals surface area contributed by atoms with Crippen molar-refractivity contribution in [2.75, 3.05) is 5.32 Å². The Morgan fingerprint density at radius 3 is 2.62 bits per heavy atom. The number of aryl methyl sites for hydroxylation is 2. The van der Waals surface area contributed by atoms with Gasteiger partial charge in [-0.2, -0.15) is 0 Å². The zero-order valence-corrected chi connectivity index (χ0v) is 12.8. The van der Waals surface area contributed by atoms with Gasteiger partial charge in [0, 0.05) is 16.3 Å². The first-order chi connectivity index (χ1) is 10.0. The molecule has 0 atom stereocenters. The molecular weight excluding hydrogens is 289 g/mol. The van der Waals surface area contributed by atoms with Gasteiger partial charge >= 0.3 is 0 Å².